The van der Waals surface area contributed by atoms with Gasteiger partial charge in [0.2, 0.25) is 0 Å². The number of hydrogen-bond donors (Lipinski definition) is 1. The highest BCUT2D eigenvalue weighted by Gasteiger charge is 2.11. The second-order valence-corrected chi connectivity index (χ2v) is 8.93. The fraction of sp³-hybridized carbons (Fsp3) is 0.444. The van der Waals surface area contributed by atoms with Gasteiger partial charge in [0, 0.05) is 25.0 Å². The number of anilines is 2. The molecule has 1 N–H and O–H groups in total. The molecule has 2 rings (SSSR count). The number of nitrogens with one attached hydrogen (secondary N) is 1. The first-order chi connectivity index (χ1) is 15.4. The van der Waals surface area contributed by atoms with Gasteiger partial charge in [-0.3, -0.25) is 0 Å². The van der Waals surface area contributed by atoms with Crippen molar-refractivity contribution in [2.75, 3.05) is 44.0 Å². The maximum atomic E-state index is 5.91. The lowest BCUT2D eigenvalue weighted by Gasteiger charge is -2.23. The Morgan fingerprint density at radius 1 is 1.03 bits per heavy atom. The number of para-hydroxylation sites is 1. The highest BCUT2D eigenvalue weighted by atomic mass is 32.1. The maximum Gasteiger partial charge on any atom is 0.177 e. The largest absolute Gasteiger partial charge is 0.494 e. The fourth-order valence-electron chi connectivity index (χ4n) is 3.54. The number of benzene rings is 2. The van der Waals surface area contributed by atoms with Crippen molar-refractivity contribution >= 4 is 28.7 Å². The minimum atomic E-state index is 0.432. The predicted octanol–water partition coefficient (Wildman–Crippen LogP) is 6.70. The van der Waals surface area contributed by atoms with Gasteiger partial charge in [-0.1, -0.05) is 51.0 Å². The lowest BCUT2D eigenvalue weighted by Crippen LogP contribution is -2.31. The second-order valence-electron chi connectivity index (χ2n) is 8.54. The number of likely N-dealkylation sites (N-methyl/N-ethyl adjacent to an activating group) is 1. The number of hydrogen-bond acceptors (Lipinski definition) is 3. The van der Waals surface area contributed by atoms with E-state index in [4.69, 9.17) is 17.0 Å². The molecular formula is C27H39N3OS. The minimum absolute atomic E-state index is 0.432. The van der Waals surface area contributed by atoms with Crippen molar-refractivity contribution in [2.24, 2.45) is 0 Å². The first kappa shape index (κ1) is 25.9. The van der Waals surface area contributed by atoms with Gasteiger partial charge in [0.25, 0.3) is 0 Å². The summed E-state index contributed by atoms with van der Waals surface area (Å²) in [6.07, 6.45) is 6.68. The van der Waals surface area contributed by atoms with Gasteiger partial charge in [-0.15, -0.1) is 6.58 Å². The normalized spacial score (nSPS) is 10.9. The van der Waals surface area contributed by atoms with Crippen LogP contribution < -0.4 is 15.0 Å². The van der Waals surface area contributed by atoms with Crippen molar-refractivity contribution < 1.29 is 4.74 Å². The van der Waals surface area contributed by atoms with E-state index < -0.39 is 0 Å². The van der Waals surface area contributed by atoms with Gasteiger partial charge < -0.3 is 19.9 Å². The molecule has 2 aromatic carbocycles. The van der Waals surface area contributed by atoms with Crippen LogP contribution in [0.15, 0.2) is 61.2 Å². The average Bonchev–Trinajstić information content (AvgIpc) is 2.78. The van der Waals surface area contributed by atoms with Crippen LogP contribution in [0.2, 0.25) is 0 Å². The van der Waals surface area contributed by atoms with E-state index in [-0.39, 0.29) is 0 Å². The number of nitrogens with zero attached hydrogens (tertiary/aromatic N) is 2. The summed E-state index contributed by atoms with van der Waals surface area (Å²) >= 11 is 5.65. The molecule has 0 spiro atoms. The van der Waals surface area contributed by atoms with Gasteiger partial charge >= 0.3 is 0 Å². The molecule has 174 valence electrons. The first-order valence-electron chi connectivity index (χ1n) is 11.6. The van der Waals surface area contributed by atoms with Crippen molar-refractivity contribution in [3.8, 4) is 5.75 Å². The highest BCUT2D eigenvalue weighted by molar-refractivity contribution is 7.80. The summed E-state index contributed by atoms with van der Waals surface area (Å²) in [5.41, 5.74) is 3.35. The molecule has 0 aliphatic heterocycles. The monoisotopic (exact) mass is 453 g/mol. The Morgan fingerprint density at radius 2 is 1.72 bits per heavy atom. The lowest BCUT2D eigenvalue weighted by molar-refractivity contribution is 0.300. The third-order valence-electron chi connectivity index (χ3n) is 5.50. The lowest BCUT2D eigenvalue weighted by atomic mass is 10.0. The Kier molecular flexibility index (Phi) is 11.3. The third-order valence-corrected chi connectivity index (χ3v) is 5.87. The molecule has 32 heavy (non-hydrogen) atoms. The molecular weight excluding hydrogens is 414 g/mol. The number of thiocarbonyl (C=S) groups is 1. The molecule has 0 fully saturated rings. The van der Waals surface area contributed by atoms with Crippen molar-refractivity contribution in [3.63, 3.8) is 0 Å². The van der Waals surface area contributed by atoms with E-state index in [1.807, 2.05) is 48.4 Å². The summed E-state index contributed by atoms with van der Waals surface area (Å²) in [5, 5.41) is 4.07. The molecule has 0 aromatic heterocycles. The molecule has 5 heteroatoms. The van der Waals surface area contributed by atoms with Crippen LogP contribution in [-0.2, 0) is 0 Å². The molecule has 0 saturated heterocycles. The van der Waals surface area contributed by atoms with Gasteiger partial charge in [-0.25, -0.2) is 0 Å². The molecule has 0 atom stereocenters. The average molecular weight is 454 g/mol. The first-order valence-corrected chi connectivity index (χ1v) is 12.0. The van der Waals surface area contributed by atoms with Crippen LogP contribution in [-0.4, -0.2) is 43.8 Å². The Labute approximate surface area is 200 Å². The van der Waals surface area contributed by atoms with Crippen LogP contribution in [0.25, 0.3) is 0 Å². The molecule has 2 aromatic rings. The summed E-state index contributed by atoms with van der Waals surface area (Å²) in [4.78, 5) is 4.28. The van der Waals surface area contributed by atoms with E-state index in [0.29, 0.717) is 11.0 Å². The minimum Gasteiger partial charge on any atom is -0.494 e. The van der Waals surface area contributed by atoms with E-state index in [1.165, 1.54) is 24.8 Å². The molecule has 0 unspecified atom stereocenters. The molecule has 0 amide bonds. The zero-order valence-electron chi connectivity index (χ0n) is 20.1. The summed E-state index contributed by atoms with van der Waals surface area (Å²) in [7, 11) is 4.12. The Bertz CT molecular complexity index is 835. The van der Waals surface area contributed by atoms with E-state index in [0.717, 1.165) is 43.2 Å². The Balaban J connectivity index is 1.75. The SMILES string of the molecule is C=CCN(C)CCCCCCOc1ccc(N(C)C(=S)Nc2ccccc2C(C)C)cc1. The summed E-state index contributed by atoms with van der Waals surface area (Å²) in [6.45, 7) is 11.0. The van der Waals surface area contributed by atoms with E-state index in [1.54, 1.807) is 0 Å². The van der Waals surface area contributed by atoms with Crippen molar-refractivity contribution in [1.29, 1.82) is 0 Å². The zero-order chi connectivity index (χ0) is 23.3. The standard InChI is InChI=1S/C27H39N3OS/c1-6-19-29(4)20-11-7-8-12-21-31-24-17-15-23(16-18-24)30(5)27(32)28-26-14-10-9-13-25(26)22(2)3/h6,9-10,13-18,22H,1,7-8,11-12,19-21H2,2-5H3,(H,28,32). The molecule has 0 aliphatic carbocycles. The van der Waals surface area contributed by atoms with Gasteiger partial charge in [0.1, 0.15) is 5.75 Å². The number of rotatable bonds is 13. The van der Waals surface area contributed by atoms with Crippen LogP contribution in [0.3, 0.4) is 0 Å². The molecule has 0 heterocycles. The second kappa shape index (κ2) is 13.9. The summed E-state index contributed by atoms with van der Waals surface area (Å²) in [5.74, 6) is 1.33. The summed E-state index contributed by atoms with van der Waals surface area (Å²) in [6, 6.07) is 16.4. The van der Waals surface area contributed by atoms with Crippen molar-refractivity contribution in [2.45, 2.75) is 45.4 Å². The quantitative estimate of drug-likeness (QED) is 0.207. The molecule has 0 aliphatic rings. The predicted molar refractivity (Wildman–Crippen MR) is 143 cm³/mol. The van der Waals surface area contributed by atoms with Gasteiger partial charge in [0.05, 0.1) is 6.61 Å². The fourth-order valence-corrected chi connectivity index (χ4v) is 3.75. The summed E-state index contributed by atoms with van der Waals surface area (Å²) < 4.78 is 5.91. The van der Waals surface area contributed by atoms with E-state index >= 15 is 0 Å². The van der Waals surface area contributed by atoms with Crippen molar-refractivity contribution in [1.82, 2.24) is 4.90 Å². The zero-order valence-corrected chi connectivity index (χ0v) is 21.0. The molecule has 0 radical (unpaired) electrons. The van der Waals surface area contributed by atoms with Gasteiger partial charge in [0.15, 0.2) is 5.11 Å². The number of ether oxygens (including phenoxy) is 1. The van der Waals surface area contributed by atoms with Crippen LogP contribution >= 0.6 is 12.2 Å². The third kappa shape index (κ3) is 8.64. The Hall–Kier alpha value is -2.37. The number of unbranched alkanes of at least 4 members (excludes halogenated alkanes) is 3. The topological polar surface area (TPSA) is 27.7 Å². The van der Waals surface area contributed by atoms with Crippen LogP contribution in [0.5, 0.6) is 5.75 Å². The molecule has 4 nitrogen and oxygen atoms in total. The molecule has 0 saturated carbocycles. The maximum absolute atomic E-state index is 5.91. The van der Waals surface area contributed by atoms with Crippen molar-refractivity contribution in [3.05, 3.63) is 66.7 Å². The van der Waals surface area contributed by atoms with Crippen LogP contribution in [0.1, 0.15) is 51.0 Å². The van der Waals surface area contributed by atoms with E-state index in [9.17, 15) is 0 Å². The van der Waals surface area contributed by atoms with Crippen LogP contribution in [0.4, 0.5) is 11.4 Å². The van der Waals surface area contributed by atoms with Gasteiger partial charge in [-0.2, -0.15) is 0 Å². The molecule has 0 bridgehead atoms. The van der Waals surface area contributed by atoms with Gasteiger partial charge in [-0.05, 0) is 80.5 Å². The highest BCUT2D eigenvalue weighted by Crippen LogP contribution is 2.25. The smallest absolute Gasteiger partial charge is 0.177 e. The van der Waals surface area contributed by atoms with E-state index in [2.05, 4.69) is 55.9 Å². The Morgan fingerprint density at radius 3 is 2.41 bits per heavy atom. The van der Waals surface area contributed by atoms with Crippen LogP contribution in [0, 0.1) is 0 Å².